The van der Waals surface area contributed by atoms with Crippen LogP contribution in [0.2, 0.25) is 0 Å². The quantitative estimate of drug-likeness (QED) is 0.118. The summed E-state index contributed by atoms with van der Waals surface area (Å²) in [6, 6.07) is 67.4. The van der Waals surface area contributed by atoms with Crippen molar-refractivity contribution in [2.24, 2.45) is 0 Å². The Morgan fingerprint density at radius 2 is 0.950 bits per heavy atom. The van der Waals surface area contributed by atoms with Crippen LogP contribution >= 0.6 is 0 Å². The fourth-order valence-electron chi connectivity index (χ4n) is 7.49. The normalized spacial score (nSPS) is 11.7. The van der Waals surface area contributed by atoms with Crippen molar-refractivity contribution < 1.29 is 30.2 Å². The highest BCUT2D eigenvalue weighted by Crippen LogP contribution is 2.47. The van der Waals surface area contributed by atoms with Crippen molar-refractivity contribution in [3.8, 4) is 28.0 Å². The Balaban J connectivity index is 0.000000168. The molecule has 0 spiro atoms. The van der Waals surface area contributed by atoms with Crippen molar-refractivity contribution in [1.82, 2.24) is 0 Å². The highest BCUT2D eigenvalue weighted by Gasteiger charge is 2.49. The number of nitrogens with zero attached hydrogens (tertiary/aromatic N) is 1. The number of furan rings is 1. The van der Waals surface area contributed by atoms with Gasteiger partial charge in [-0.15, -0.1) is 0 Å². The van der Waals surface area contributed by atoms with Gasteiger partial charge in [0.05, 0.1) is 16.8 Å². The third-order valence-corrected chi connectivity index (χ3v) is 11.2. The van der Waals surface area contributed by atoms with Crippen molar-refractivity contribution >= 4 is 70.7 Å². The van der Waals surface area contributed by atoms with Crippen LogP contribution in [0, 0.1) is 0 Å². The van der Waals surface area contributed by atoms with E-state index in [2.05, 4.69) is 136 Å². The minimum Gasteiger partial charge on any atom is -0.456 e. The first kappa shape index (κ1) is 38.2. The zero-order chi connectivity index (χ0) is 41.3. The maximum Gasteiger partial charge on any atom is 0.534 e. The number of halogens is 3. The topological polar surface area (TPSA) is 59.8 Å². The second kappa shape index (κ2) is 15.8. The number of alkyl halides is 3. The van der Waals surface area contributed by atoms with Crippen LogP contribution < -0.4 is 9.08 Å². The summed E-state index contributed by atoms with van der Waals surface area (Å²) in [4.78, 5) is 2.37. The van der Waals surface area contributed by atoms with E-state index < -0.39 is 15.6 Å². The summed E-state index contributed by atoms with van der Waals surface area (Å²) in [6.45, 7) is 0. The summed E-state index contributed by atoms with van der Waals surface area (Å²) in [5.74, 6) is -0.364. The monoisotopic (exact) mass is 813 g/mol. The van der Waals surface area contributed by atoms with Crippen molar-refractivity contribution in [2.75, 3.05) is 4.90 Å². The van der Waals surface area contributed by atoms with Crippen LogP contribution in [0.15, 0.2) is 211 Å². The molecule has 5 nitrogen and oxygen atoms in total. The number of benzene rings is 9. The van der Waals surface area contributed by atoms with E-state index in [9.17, 15) is 21.6 Å². The zero-order valence-corrected chi connectivity index (χ0v) is 32.6. The van der Waals surface area contributed by atoms with Crippen molar-refractivity contribution in [3.05, 3.63) is 206 Å². The lowest BCUT2D eigenvalue weighted by atomic mass is 9.97. The Bertz CT molecular complexity index is 3240. The molecule has 0 aliphatic heterocycles. The Morgan fingerprint density at radius 1 is 0.467 bits per heavy atom. The summed E-state index contributed by atoms with van der Waals surface area (Å²) in [6.07, 6.45) is 0. The van der Waals surface area contributed by atoms with E-state index >= 15 is 0 Å². The van der Waals surface area contributed by atoms with Gasteiger partial charge in [0.1, 0.15) is 11.2 Å². The van der Waals surface area contributed by atoms with Gasteiger partial charge in [0.2, 0.25) is 0 Å². The van der Waals surface area contributed by atoms with Gasteiger partial charge in [0.15, 0.2) is 5.75 Å². The molecule has 1 aromatic heterocycles. The highest BCUT2D eigenvalue weighted by molar-refractivity contribution is 7.88. The highest BCUT2D eigenvalue weighted by atomic mass is 32.2. The maximum absolute atomic E-state index is 12.7. The number of para-hydroxylation sites is 2. The minimum absolute atomic E-state index is 0.266. The predicted octanol–water partition coefficient (Wildman–Crippen LogP) is 14.6. The van der Waals surface area contributed by atoms with E-state index in [1.54, 1.807) is 60.7 Å². The number of anilines is 3. The number of rotatable bonds is 7. The summed E-state index contributed by atoms with van der Waals surface area (Å²) in [5.41, 5.74) is 2.80. The first-order valence-corrected chi connectivity index (χ1v) is 20.5. The molecule has 10 rings (SSSR count). The fourth-order valence-corrected chi connectivity index (χ4v) is 7.96. The van der Waals surface area contributed by atoms with Gasteiger partial charge in [-0.3, -0.25) is 0 Å². The molecule has 60 heavy (non-hydrogen) atoms. The Labute approximate surface area is 344 Å². The number of hydrogen-bond donors (Lipinski definition) is 0. The Morgan fingerprint density at radius 3 is 1.57 bits per heavy atom. The van der Waals surface area contributed by atoms with Crippen molar-refractivity contribution in [1.29, 1.82) is 0 Å². The molecule has 0 saturated heterocycles. The molecule has 9 aromatic carbocycles. The number of fused-ring (bicyclic) bond motifs is 5. The Hall–Kier alpha value is -7.36. The summed E-state index contributed by atoms with van der Waals surface area (Å²) >= 11 is 0. The lowest BCUT2D eigenvalue weighted by molar-refractivity contribution is -0.0499. The van der Waals surface area contributed by atoms with E-state index in [1.165, 1.54) is 28.0 Å². The fraction of sp³-hybridized carbons (Fsp3) is 0.0196. The molecule has 0 bridgehead atoms. The molecule has 1 heterocycles. The van der Waals surface area contributed by atoms with Gasteiger partial charge in [-0.1, -0.05) is 152 Å². The molecule has 294 valence electrons. The summed E-state index contributed by atoms with van der Waals surface area (Å²) in [5, 5.41) is 5.99. The maximum atomic E-state index is 12.7. The molecule has 10 aromatic rings. The van der Waals surface area contributed by atoms with Crippen LogP contribution in [0.5, 0.6) is 5.75 Å². The number of hydrogen-bond acceptors (Lipinski definition) is 5. The molecule has 0 amide bonds. The van der Waals surface area contributed by atoms with Crippen molar-refractivity contribution in [2.45, 2.75) is 5.51 Å². The van der Waals surface area contributed by atoms with E-state index in [1.807, 2.05) is 12.1 Å². The average molecular weight is 814 g/mol. The molecule has 0 aliphatic carbocycles. The van der Waals surface area contributed by atoms with Crippen LogP contribution in [0.25, 0.3) is 65.7 Å². The molecular weight excluding hydrogens is 780 g/mol. The van der Waals surface area contributed by atoms with Crippen LogP contribution in [0.4, 0.5) is 30.2 Å². The molecule has 0 N–H and O–H groups in total. The zero-order valence-electron chi connectivity index (χ0n) is 31.8. The van der Waals surface area contributed by atoms with Gasteiger partial charge < -0.3 is 13.5 Å². The van der Waals surface area contributed by atoms with Gasteiger partial charge in [-0.2, -0.15) is 21.6 Å². The summed E-state index contributed by atoms with van der Waals surface area (Å²) < 4.78 is 71.4. The molecule has 0 saturated carbocycles. The van der Waals surface area contributed by atoms with E-state index in [-0.39, 0.29) is 11.3 Å². The lowest BCUT2D eigenvalue weighted by Gasteiger charge is -2.29. The molecule has 0 aliphatic rings. The third kappa shape index (κ3) is 7.42. The first-order chi connectivity index (χ1) is 29.1. The van der Waals surface area contributed by atoms with Crippen LogP contribution in [0.3, 0.4) is 0 Å². The molecule has 0 atom stereocenters. The lowest BCUT2D eigenvalue weighted by Crippen LogP contribution is -2.28. The van der Waals surface area contributed by atoms with Crippen LogP contribution in [0.1, 0.15) is 0 Å². The first-order valence-electron chi connectivity index (χ1n) is 19.1. The van der Waals surface area contributed by atoms with E-state index in [0.29, 0.717) is 10.9 Å². The molecule has 9 heteroatoms. The average Bonchev–Trinajstić information content (AvgIpc) is 3.66. The van der Waals surface area contributed by atoms with Gasteiger partial charge in [-0.25, -0.2) is 0 Å². The van der Waals surface area contributed by atoms with Gasteiger partial charge in [0, 0.05) is 22.2 Å². The van der Waals surface area contributed by atoms with Gasteiger partial charge >= 0.3 is 15.6 Å². The van der Waals surface area contributed by atoms with Crippen LogP contribution in [-0.4, -0.2) is 13.9 Å². The SMILES string of the molecule is O=S(=O)(Oc1cc2ccccc2cc1-c1ccccc1)C(F)(F)F.c1ccc(-c2cc3ccccc3cc2N(c2ccccc2)c2cccc3oc4ccccc4c23)cc1. The Kier molecular flexibility index (Phi) is 10.0. The molecule has 0 unspecified atom stereocenters. The largest absolute Gasteiger partial charge is 0.534 e. The minimum atomic E-state index is -5.75. The smallest absolute Gasteiger partial charge is 0.456 e. The van der Waals surface area contributed by atoms with Gasteiger partial charge in [-0.05, 0) is 87.3 Å². The van der Waals surface area contributed by atoms with Gasteiger partial charge in [0.25, 0.3) is 0 Å². The molecule has 0 fully saturated rings. The third-order valence-electron chi connectivity index (χ3n) is 10.2. The summed E-state index contributed by atoms with van der Waals surface area (Å²) in [7, 11) is -5.75. The predicted molar refractivity (Wildman–Crippen MR) is 236 cm³/mol. The second-order valence-electron chi connectivity index (χ2n) is 14.0. The van der Waals surface area contributed by atoms with E-state index in [0.717, 1.165) is 44.4 Å². The second-order valence-corrected chi connectivity index (χ2v) is 15.6. The van der Waals surface area contributed by atoms with E-state index in [4.69, 9.17) is 4.42 Å². The van der Waals surface area contributed by atoms with Crippen LogP contribution in [-0.2, 0) is 10.1 Å². The van der Waals surface area contributed by atoms with Crippen molar-refractivity contribution in [3.63, 3.8) is 0 Å². The molecular formula is C51H34F3NO4S. The standard InChI is InChI=1S/C34H23NO.C17H11F3O3S/c1-3-12-24(13-4-1)29-22-25-14-7-8-15-26(25)23-31(29)35(27-16-5-2-6-17-27)30-19-11-21-33-34(30)28-18-9-10-20-32(28)36-33;18-17(19,20)24(21,22)23-16-11-14-9-5-4-8-13(14)10-15(16)12-6-2-1-3-7-12/h1-23H;1-11H. The molecule has 0 radical (unpaired) electrons.